The maximum absolute atomic E-state index is 12.9. The molecule has 0 aliphatic carbocycles. The minimum Gasteiger partial charge on any atom is -0.482 e. The van der Waals surface area contributed by atoms with Gasteiger partial charge in [0.1, 0.15) is 5.75 Å². The van der Waals surface area contributed by atoms with Crippen LogP contribution in [-0.2, 0) is 24.3 Å². The van der Waals surface area contributed by atoms with Gasteiger partial charge in [0, 0.05) is 20.1 Å². The number of carboxylic acid groups (broad SMARTS) is 1. The Morgan fingerprint density at radius 3 is 2.48 bits per heavy atom. The van der Waals surface area contributed by atoms with E-state index in [2.05, 4.69) is 18.9 Å². The van der Waals surface area contributed by atoms with Crippen LogP contribution in [0.4, 0.5) is 0 Å². The Bertz CT molecular complexity index is 781. The van der Waals surface area contributed by atoms with Crippen LogP contribution in [0.3, 0.4) is 0 Å². The van der Waals surface area contributed by atoms with E-state index in [0.717, 1.165) is 24.2 Å². The summed E-state index contributed by atoms with van der Waals surface area (Å²) in [6, 6.07) is 7.05. The highest BCUT2D eigenvalue weighted by Gasteiger charge is 2.20. The minimum atomic E-state index is -1.02. The highest BCUT2D eigenvalue weighted by atomic mass is 16.5. The molecule has 0 bridgehead atoms. The number of amides is 1. The lowest BCUT2D eigenvalue weighted by Crippen LogP contribution is -2.27. The number of carbonyl (C=O) groups is 2. The molecule has 0 saturated heterocycles. The van der Waals surface area contributed by atoms with E-state index in [9.17, 15) is 9.59 Å². The third kappa shape index (κ3) is 5.57. The van der Waals surface area contributed by atoms with Gasteiger partial charge in [-0.1, -0.05) is 32.9 Å². The van der Waals surface area contributed by atoms with Crippen molar-refractivity contribution in [3.63, 3.8) is 0 Å². The van der Waals surface area contributed by atoms with Gasteiger partial charge in [-0.2, -0.15) is 5.10 Å². The predicted molar refractivity (Wildman–Crippen MR) is 102 cm³/mol. The smallest absolute Gasteiger partial charge is 0.341 e. The van der Waals surface area contributed by atoms with E-state index in [-0.39, 0.29) is 12.5 Å². The van der Waals surface area contributed by atoms with E-state index < -0.39 is 5.97 Å². The monoisotopic (exact) mass is 373 g/mol. The normalized spacial score (nSPS) is 10.9. The van der Waals surface area contributed by atoms with Gasteiger partial charge in [-0.05, 0) is 30.0 Å². The number of hydrogen-bond acceptors (Lipinski definition) is 4. The first-order valence-electron chi connectivity index (χ1n) is 9.05. The molecule has 2 aromatic rings. The number of carbonyl (C=O) groups excluding carboxylic acids is 1. The van der Waals surface area contributed by atoms with E-state index in [1.165, 1.54) is 0 Å². The third-order valence-corrected chi connectivity index (χ3v) is 4.10. The van der Waals surface area contributed by atoms with Crippen molar-refractivity contribution < 1.29 is 19.4 Å². The van der Waals surface area contributed by atoms with Gasteiger partial charge < -0.3 is 14.7 Å². The average molecular weight is 373 g/mol. The second-order valence-electron chi connectivity index (χ2n) is 6.92. The average Bonchev–Trinajstić information content (AvgIpc) is 3.02. The molecule has 7 heteroatoms. The van der Waals surface area contributed by atoms with E-state index in [4.69, 9.17) is 9.84 Å². The summed E-state index contributed by atoms with van der Waals surface area (Å²) in [5, 5.41) is 13.0. The van der Waals surface area contributed by atoms with Crippen LogP contribution in [0.1, 0.15) is 42.4 Å². The fourth-order valence-electron chi connectivity index (χ4n) is 2.85. The number of hydrogen-bond donors (Lipinski definition) is 1. The summed E-state index contributed by atoms with van der Waals surface area (Å²) in [6.07, 6.45) is 2.40. The molecule has 0 radical (unpaired) electrons. The van der Waals surface area contributed by atoms with Crippen molar-refractivity contribution in [3.8, 4) is 5.75 Å². The molecular formula is C20H27N3O4. The molecule has 0 unspecified atom stereocenters. The molecule has 0 aliphatic rings. The van der Waals surface area contributed by atoms with Crippen molar-refractivity contribution in [2.75, 3.05) is 13.7 Å². The number of nitrogens with zero attached hydrogens (tertiary/aromatic N) is 3. The van der Waals surface area contributed by atoms with E-state index in [0.29, 0.717) is 23.8 Å². The second-order valence-corrected chi connectivity index (χ2v) is 6.92. The third-order valence-electron chi connectivity index (χ3n) is 4.10. The standard InChI is InChI=1S/C20H27N3O4/c1-5-18-17(10-21-23(18)11-14(2)3)20(26)22(4)12-15-6-8-16(9-7-15)27-13-19(24)25/h6-10,14H,5,11-13H2,1-4H3,(H,24,25). The van der Waals surface area contributed by atoms with E-state index in [1.54, 1.807) is 30.3 Å². The van der Waals surface area contributed by atoms with Gasteiger partial charge in [-0.3, -0.25) is 9.48 Å². The summed E-state index contributed by atoms with van der Waals surface area (Å²) in [4.78, 5) is 25.0. The van der Waals surface area contributed by atoms with Gasteiger partial charge in [-0.25, -0.2) is 4.79 Å². The van der Waals surface area contributed by atoms with Crippen LogP contribution in [0.15, 0.2) is 30.5 Å². The molecule has 0 saturated carbocycles. The Balaban J connectivity index is 2.05. The molecule has 1 N–H and O–H groups in total. The van der Waals surface area contributed by atoms with Crippen LogP contribution in [0.5, 0.6) is 5.75 Å². The fraction of sp³-hybridized carbons (Fsp3) is 0.450. The van der Waals surface area contributed by atoms with Gasteiger partial charge in [0.25, 0.3) is 5.91 Å². The summed E-state index contributed by atoms with van der Waals surface area (Å²) in [5.41, 5.74) is 2.53. The quantitative estimate of drug-likeness (QED) is 0.731. The SMILES string of the molecule is CCc1c(C(=O)N(C)Cc2ccc(OCC(=O)O)cc2)cnn1CC(C)C. The summed E-state index contributed by atoms with van der Waals surface area (Å²) >= 11 is 0. The van der Waals surface area contributed by atoms with Gasteiger partial charge in [0.15, 0.2) is 6.61 Å². The molecule has 0 fully saturated rings. The second kappa shape index (κ2) is 9.21. The van der Waals surface area contributed by atoms with Gasteiger partial charge in [0.2, 0.25) is 0 Å². The topological polar surface area (TPSA) is 84.7 Å². The molecular weight excluding hydrogens is 346 g/mol. The summed E-state index contributed by atoms with van der Waals surface area (Å²) in [6.45, 7) is 7.13. The summed E-state index contributed by atoms with van der Waals surface area (Å²) in [5.74, 6) is -0.140. The van der Waals surface area contributed by atoms with Crippen LogP contribution in [0.25, 0.3) is 0 Å². The van der Waals surface area contributed by atoms with Gasteiger partial charge in [0.05, 0.1) is 17.5 Å². The Morgan fingerprint density at radius 2 is 1.93 bits per heavy atom. The van der Waals surface area contributed by atoms with Crippen LogP contribution in [-0.4, -0.2) is 45.3 Å². The molecule has 0 spiro atoms. The molecule has 1 amide bonds. The lowest BCUT2D eigenvalue weighted by molar-refractivity contribution is -0.139. The lowest BCUT2D eigenvalue weighted by Gasteiger charge is -2.18. The van der Waals surface area contributed by atoms with Crippen molar-refractivity contribution in [2.45, 2.75) is 40.3 Å². The Morgan fingerprint density at radius 1 is 1.26 bits per heavy atom. The maximum atomic E-state index is 12.9. The van der Waals surface area contributed by atoms with Crippen molar-refractivity contribution >= 4 is 11.9 Å². The van der Waals surface area contributed by atoms with Crippen LogP contribution >= 0.6 is 0 Å². The lowest BCUT2D eigenvalue weighted by atomic mass is 10.1. The molecule has 1 aromatic heterocycles. The van der Waals surface area contributed by atoms with Crippen molar-refractivity contribution in [2.24, 2.45) is 5.92 Å². The van der Waals surface area contributed by atoms with E-state index >= 15 is 0 Å². The Labute approximate surface area is 159 Å². The molecule has 146 valence electrons. The van der Waals surface area contributed by atoms with Crippen LogP contribution in [0.2, 0.25) is 0 Å². The number of carboxylic acids is 1. The largest absolute Gasteiger partial charge is 0.482 e. The zero-order valence-electron chi connectivity index (χ0n) is 16.3. The highest BCUT2D eigenvalue weighted by Crippen LogP contribution is 2.17. The number of ether oxygens (including phenoxy) is 1. The van der Waals surface area contributed by atoms with Crippen molar-refractivity contribution in [1.29, 1.82) is 0 Å². The Hall–Kier alpha value is -2.83. The molecule has 27 heavy (non-hydrogen) atoms. The molecule has 0 aliphatic heterocycles. The van der Waals surface area contributed by atoms with Crippen molar-refractivity contribution in [1.82, 2.24) is 14.7 Å². The van der Waals surface area contributed by atoms with Crippen molar-refractivity contribution in [3.05, 3.63) is 47.3 Å². The molecule has 1 aromatic carbocycles. The summed E-state index contributed by atoms with van der Waals surface area (Å²) < 4.78 is 7.03. The number of aliphatic carboxylic acids is 1. The number of benzene rings is 1. The van der Waals surface area contributed by atoms with Gasteiger partial charge >= 0.3 is 5.97 Å². The van der Waals surface area contributed by atoms with E-state index in [1.807, 2.05) is 23.7 Å². The van der Waals surface area contributed by atoms with Gasteiger partial charge in [-0.15, -0.1) is 0 Å². The first-order chi connectivity index (χ1) is 12.8. The zero-order chi connectivity index (χ0) is 20.0. The number of aromatic nitrogens is 2. The maximum Gasteiger partial charge on any atom is 0.341 e. The fourth-order valence-corrected chi connectivity index (χ4v) is 2.85. The molecule has 1 heterocycles. The van der Waals surface area contributed by atoms with Crippen LogP contribution in [0, 0.1) is 5.92 Å². The first kappa shape index (κ1) is 20.5. The highest BCUT2D eigenvalue weighted by molar-refractivity contribution is 5.95. The molecule has 0 atom stereocenters. The molecule has 7 nitrogen and oxygen atoms in total. The summed E-state index contributed by atoms with van der Waals surface area (Å²) in [7, 11) is 1.76. The Kier molecular flexibility index (Phi) is 6.98. The predicted octanol–water partition coefficient (Wildman–Crippen LogP) is 2.84. The first-order valence-corrected chi connectivity index (χ1v) is 9.05. The molecule has 2 rings (SSSR count). The number of rotatable bonds is 9. The minimum absolute atomic E-state index is 0.0620. The van der Waals surface area contributed by atoms with Crippen LogP contribution < -0.4 is 4.74 Å². The zero-order valence-corrected chi connectivity index (χ0v) is 16.3.